The maximum Gasteiger partial charge on any atom is 0.345 e. The van der Waals surface area contributed by atoms with Crippen LogP contribution in [0.2, 0.25) is 0 Å². The third-order valence-corrected chi connectivity index (χ3v) is 6.39. The molecule has 3 heterocycles. The lowest BCUT2D eigenvalue weighted by Crippen LogP contribution is -2.55. The number of hydroxylamine groups is 2. The number of fused-ring (bicyclic) bond motifs is 2. The van der Waals surface area contributed by atoms with Crippen molar-refractivity contribution in [2.45, 2.75) is 38.1 Å². The Bertz CT molecular complexity index is 1360. The second-order valence-corrected chi connectivity index (χ2v) is 8.85. The smallest absolute Gasteiger partial charge is 0.309 e. The molecule has 15 nitrogen and oxygen atoms in total. The molecule has 1 aromatic heterocycles. The lowest BCUT2D eigenvalue weighted by Gasteiger charge is -2.30. The number of piperidine rings is 1. The molecule has 38 heavy (non-hydrogen) atoms. The Morgan fingerprint density at radius 3 is 2.55 bits per heavy atom. The van der Waals surface area contributed by atoms with E-state index in [9.17, 15) is 24.5 Å². The summed E-state index contributed by atoms with van der Waals surface area (Å²) < 4.78 is 0. The van der Waals surface area contributed by atoms with Gasteiger partial charge in [-0.1, -0.05) is 42.5 Å². The Balaban J connectivity index is 1.20. The van der Waals surface area contributed by atoms with Gasteiger partial charge in [0.15, 0.2) is 0 Å². The summed E-state index contributed by atoms with van der Waals surface area (Å²) in [5.41, 5.74) is 1.47. The zero-order valence-electron chi connectivity index (χ0n) is 20.0. The van der Waals surface area contributed by atoms with Crippen LogP contribution in [-0.2, 0) is 22.8 Å². The molecule has 2 saturated heterocycles. The van der Waals surface area contributed by atoms with Gasteiger partial charge in [0.05, 0.1) is 17.5 Å². The third-order valence-electron chi connectivity index (χ3n) is 6.39. The van der Waals surface area contributed by atoms with Gasteiger partial charge >= 0.3 is 11.9 Å². The second-order valence-electron chi connectivity index (χ2n) is 8.85. The van der Waals surface area contributed by atoms with Crippen molar-refractivity contribution >= 4 is 23.5 Å². The van der Waals surface area contributed by atoms with Crippen molar-refractivity contribution in [3.05, 3.63) is 81.7 Å². The number of carbonyl (C=O) groups is 3. The fraction of sp³-hybridized carbons (Fsp3) is 0.304. The predicted octanol–water partition coefficient (Wildman–Crippen LogP) is 0.873. The van der Waals surface area contributed by atoms with Gasteiger partial charge in [-0.05, 0) is 29.2 Å². The molecule has 2 aliphatic heterocycles. The molecule has 15 heteroatoms. The lowest BCUT2D eigenvalue weighted by atomic mass is 10.00. The number of tetrazole rings is 1. The first-order chi connectivity index (χ1) is 18.3. The molecule has 2 aromatic carbocycles. The Labute approximate surface area is 215 Å². The molecule has 196 valence electrons. The number of non-ortho nitro benzene ring substituents is 1. The maximum absolute atomic E-state index is 13.1. The number of nitrogens with two attached hydrogens (primary N) is 1. The van der Waals surface area contributed by atoms with Gasteiger partial charge in [0.25, 0.3) is 17.4 Å². The highest BCUT2D eigenvalue weighted by atomic mass is 16.7. The number of carbonyl (C=O) groups excluding carboxylic acids is 3. The van der Waals surface area contributed by atoms with E-state index in [1.807, 2.05) is 30.3 Å². The van der Waals surface area contributed by atoms with Crippen LogP contribution in [0.15, 0.2) is 54.6 Å². The van der Waals surface area contributed by atoms with Crippen LogP contribution in [0.25, 0.3) is 0 Å². The number of hydrogen-bond acceptors (Lipinski definition) is 10. The highest BCUT2D eigenvalue weighted by Crippen LogP contribution is 2.31. The van der Waals surface area contributed by atoms with Gasteiger partial charge in [-0.15, -0.1) is 10.2 Å². The number of imide groups is 1. The minimum absolute atomic E-state index is 0.0650. The van der Waals surface area contributed by atoms with Crippen molar-refractivity contribution in [3.8, 4) is 0 Å². The van der Waals surface area contributed by atoms with Gasteiger partial charge in [-0.3, -0.25) is 24.5 Å². The summed E-state index contributed by atoms with van der Waals surface area (Å²) in [6, 6.07) is 13.5. The Kier molecular flexibility index (Phi) is 6.76. The van der Waals surface area contributed by atoms with Crippen LogP contribution < -0.4 is 5.84 Å². The van der Waals surface area contributed by atoms with Gasteiger partial charge in [-0.25, -0.2) is 15.6 Å². The maximum atomic E-state index is 13.1. The molecule has 5 rings (SSSR count). The molecule has 3 aromatic rings. The van der Waals surface area contributed by atoms with Gasteiger partial charge in [0.2, 0.25) is 0 Å². The third kappa shape index (κ3) is 4.91. The van der Waals surface area contributed by atoms with Crippen molar-refractivity contribution < 1.29 is 24.1 Å². The molecule has 2 atom stereocenters. The molecule has 4 amide bonds. The molecule has 2 fully saturated rings. The summed E-state index contributed by atoms with van der Waals surface area (Å²) in [6.45, 7) is 0.565. The van der Waals surface area contributed by atoms with Crippen LogP contribution >= 0.6 is 0 Å². The first kappa shape index (κ1) is 24.9. The van der Waals surface area contributed by atoms with Gasteiger partial charge < -0.3 is 4.90 Å². The number of nitro benzene ring substituents is 1. The van der Waals surface area contributed by atoms with Crippen LogP contribution in [0.5, 0.6) is 0 Å². The average Bonchev–Trinajstić information content (AvgIpc) is 3.49. The molecule has 0 saturated carbocycles. The van der Waals surface area contributed by atoms with Crippen LogP contribution in [0.4, 0.5) is 10.5 Å². The zero-order chi connectivity index (χ0) is 26.8. The molecular weight excluding hydrogens is 498 g/mol. The van der Waals surface area contributed by atoms with E-state index in [1.54, 1.807) is 0 Å². The van der Waals surface area contributed by atoms with E-state index in [0.717, 1.165) is 10.4 Å². The van der Waals surface area contributed by atoms with Gasteiger partial charge in [0.1, 0.15) is 12.6 Å². The van der Waals surface area contributed by atoms with E-state index in [4.69, 9.17) is 10.7 Å². The molecule has 0 aliphatic carbocycles. The molecule has 2 aliphatic rings. The van der Waals surface area contributed by atoms with Gasteiger partial charge in [0, 0.05) is 18.7 Å². The summed E-state index contributed by atoms with van der Waals surface area (Å²) in [4.78, 5) is 57.4. The number of hydrogen-bond donors (Lipinski definition) is 1. The van der Waals surface area contributed by atoms with Crippen LogP contribution in [-0.4, -0.2) is 76.6 Å². The number of aromatic nitrogens is 4. The molecule has 0 unspecified atom stereocenters. The van der Waals surface area contributed by atoms with E-state index < -0.39 is 34.6 Å². The first-order valence-corrected chi connectivity index (χ1v) is 11.7. The minimum atomic E-state index is -0.976. The summed E-state index contributed by atoms with van der Waals surface area (Å²) in [5, 5.41) is 23.9. The highest BCUT2D eigenvalue weighted by molar-refractivity contribution is 6.04. The molecule has 2 bridgehead atoms. The fourth-order valence-electron chi connectivity index (χ4n) is 4.42. The number of nitrogens with zero attached hydrogens (tertiary/aromatic N) is 8. The normalized spacial score (nSPS) is 18.5. The number of amides is 4. The summed E-state index contributed by atoms with van der Waals surface area (Å²) in [7, 11) is 0. The van der Waals surface area contributed by atoms with Crippen molar-refractivity contribution in [2.75, 3.05) is 6.54 Å². The number of urea groups is 1. The number of hydrazine groups is 1. The largest absolute Gasteiger partial charge is 0.345 e. The highest BCUT2D eigenvalue weighted by Gasteiger charge is 2.49. The minimum Gasteiger partial charge on any atom is -0.309 e. The summed E-state index contributed by atoms with van der Waals surface area (Å²) >= 11 is 0. The van der Waals surface area contributed by atoms with E-state index in [0.29, 0.717) is 23.4 Å². The standard InChI is InChI=1S/C23H23N9O6/c24-30(22(34)20-25-27-29(26-20)12-15-6-8-17(9-7-15)32(36)37)21(33)19-11-10-18-13-28(19)23(35)31(18)38-14-16-4-2-1-3-5-16/h1-9,18-19H,10-14,24H2/t18-,19+/m1/s1. The second kappa shape index (κ2) is 10.3. The van der Waals surface area contributed by atoms with Crippen LogP contribution in [0.1, 0.15) is 34.6 Å². The number of benzene rings is 2. The Morgan fingerprint density at radius 2 is 1.84 bits per heavy atom. The average molecular weight is 521 g/mol. The Morgan fingerprint density at radius 1 is 1.11 bits per heavy atom. The van der Waals surface area contributed by atoms with E-state index in [2.05, 4.69) is 15.4 Å². The van der Waals surface area contributed by atoms with Crippen molar-refractivity contribution in [2.24, 2.45) is 5.84 Å². The predicted molar refractivity (Wildman–Crippen MR) is 127 cm³/mol. The van der Waals surface area contributed by atoms with E-state index in [1.165, 1.54) is 34.2 Å². The number of rotatable bonds is 8. The SMILES string of the molecule is NN(C(=O)c1nnn(Cc2ccc([N+](=O)[O-])cc2)n1)C(=O)[C@@H]1CC[C@@H]2CN1C(=O)N2OCc1ccccc1. The van der Waals surface area contributed by atoms with Crippen molar-refractivity contribution in [1.29, 1.82) is 0 Å². The van der Waals surface area contributed by atoms with Crippen LogP contribution in [0.3, 0.4) is 0 Å². The first-order valence-electron chi connectivity index (χ1n) is 11.7. The molecule has 0 spiro atoms. The van der Waals surface area contributed by atoms with Gasteiger partial charge in [-0.2, -0.15) is 9.86 Å². The fourth-order valence-corrected chi connectivity index (χ4v) is 4.42. The zero-order valence-corrected chi connectivity index (χ0v) is 20.0. The van der Waals surface area contributed by atoms with Crippen LogP contribution in [0, 0.1) is 10.1 Å². The van der Waals surface area contributed by atoms with E-state index in [-0.39, 0.29) is 31.4 Å². The molecular formula is C23H23N9O6. The van der Waals surface area contributed by atoms with Crippen molar-refractivity contribution in [3.63, 3.8) is 0 Å². The summed E-state index contributed by atoms with van der Waals surface area (Å²) in [5.74, 6) is 3.70. The van der Waals surface area contributed by atoms with E-state index >= 15 is 0 Å². The number of nitro groups is 1. The van der Waals surface area contributed by atoms with Crippen molar-refractivity contribution in [1.82, 2.24) is 35.2 Å². The molecule has 0 radical (unpaired) electrons. The quantitative estimate of drug-likeness (QED) is 0.147. The Hall–Kier alpha value is -4.76. The lowest BCUT2D eigenvalue weighted by molar-refractivity contribution is -0.384. The summed E-state index contributed by atoms with van der Waals surface area (Å²) in [6.07, 6.45) is 0.806. The molecule has 2 N–H and O–H groups in total. The topological polar surface area (TPSA) is 183 Å². The monoisotopic (exact) mass is 521 g/mol.